The molecule has 0 aliphatic rings. The smallest absolute Gasteiger partial charge is 0.426 e. The molecule has 0 aliphatic heterocycles. The van der Waals surface area contributed by atoms with E-state index < -0.39 is 40.3 Å². The molecular formula is C9H19F6NOPSi-. The van der Waals surface area contributed by atoms with Crippen molar-refractivity contribution < 1.29 is 31.4 Å². The van der Waals surface area contributed by atoms with Gasteiger partial charge in [-0.2, -0.15) is 26.3 Å². The maximum absolute atomic E-state index is 12.0. The van der Waals surface area contributed by atoms with Crippen LogP contribution in [0.3, 0.4) is 0 Å². The van der Waals surface area contributed by atoms with E-state index in [4.69, 9.17) is 10.5 Å². The Bertz CT molecular complexity index is 253. The van der Waals surface area contributed by atoms with Crippen molar-refractivity contribution in [3.05, 3.63) is 5.40 Å². The minimum atomic E-state index is -5.68. The third-order valence-electron chi connectivity index (χ3n) is 1.48. The first-order chi connectivity index (χ1) is 7.92. The zero-order valence-corrected chi connectivity index (χ0v) is 13.3. The molecule has 0 radical (unpaired) electrons. The van der Waals surface area contributed by atoms with Gasteiger partial charge in [0.05, 0.1) is 0 Å². The van der Waals surface area contributed by atoms with E-state index in [0.717, 1.165) is 0 Å². The lowest BCUT2D eigenvalue weighted by atomic mass is 10.1. The number of hydrogen-bond donors (Lipinski definition) is 1. The molecule has 0 amide bonds. The topological polar surface area (TPSA) is 44.0 Å². The van der Waals surface area contributed by atoms with Crippen molar-refractivity contribution in [1.82, 2.24) is 0 Å². The summed E-state index contributed by atoms with van der Waals surface area (Å²) in [6.07, 6.45) is -12.7. The lowest BCUT2D eigenvalue weighted by molar-refractivity contribution is -0.358. The average molecular weight is 330 g/mol. The molecule has 2 N–H and O–H groups in total. The van der Waals surface area contributed by atoms with Gasteiger partial charge in [-0.25, -0.2) is 0 Å². The highest BCUT2D eigenvalue weighted by molar-refractivity contribution is 7.56. The molecular weight excluding hydrogens is 311 g/mol. The molecule has 0 atom stereocenters. The maximum Gasteiger partial charge on any atom is 0.426 e. The highest BCUT2D eigenvalue weighted by Gasteiger charge is 2.70. The molecule has 0 fully saturated rings. The Morgan fingerprint density at radius 1 is 0.947 bits per heavy atom. The van der Waals surface area contributed by atoms with Crippen LogP contribution in [0.1, 0.15) is 0 Å². The van der Waals surface area contributed by atoms with Crippen molar-refractivity contribution in [2.24, 2.45) is 0 Å². The third-order valence-corrected chi connectivity index (χ3v) is 2.57. The first kappa shape index (κ1) is 21.4. The van der Waals surface area contributed by atoms with Gasteiger partial charge in [0.1, 0.15) is 0 Å². The van der Waals surface area contributed by atoms with Gasteiger partial charge in [0.15, 0.2) is 0 Å². The maximum atomic E-state index is 12.0. The largest absolute Gasteiger partial charge is 0.680 e. The van der Waals surface area contributed by atoms with E-state index in [9.17, 15) is 26.3 Å². The fourth-order valence-corrected chi connectivity index (χ4v) is 2.07. The monoisotopic (exact) mass is 330 g/mol. The summed E-state index contributed by atoms with van der Waals surface area (Å²) in [4.78, 5) is 0. The predicted octanol–water partition coefficient (Wildman–Crippen LogP) is 4.46. The Labute approximate surface area is 111 Å². The van der Waals surface area contributed by atoms with Gasteiger partial charge in [-0.1, -0.05) is 27.9 Å². The van der Waals surface area contributed by atoms with Crippen LogP contribution in [-0.4, -0.2) is 50.8 Å². The summed E-state index contributed by atoms with van der Waals surface area (Å²) in [6, 6.07) is 0. The van der Waals surface area contributed by atoms with Gasteiger partial charge < -0.3 is 10.5 Å². The minimum absolute atomic E-state index is 1.23. The molecule has 0 saturated heterocycles. The Morgan fingerprint density at radius 3 is 1.21 bits per heavy atom. The second-order valence-corrected chi connectivity index (χ2v) is 12.3. The van der Waals surface area contributed by atoms with E-state index >= 15 is 0 Å². The first-order valence-corrected chi connectivity index (χ1v) is 11.1. The van der Waals surface area contributed by atoms with E-state index in [0.29, 0.717) is 0 Å². The van der Waals surface area contributed by atoms with Crippen molar-refractivity contribution >= 4 is 16.2 Å². The average Bonchev–Trinajstić information content (AvgIpc) is 1.94. The molecule has 0 spiro atoms. The molecule has 0 aromatic heterocycles. The van der Waals surface area contributed by atoms with Gasteiger partial charge in [0, 0.05) is 6.16 Å². The van der Waals surface area contributed by atoms with Crippen LogP contribution in [0, 0.1) is 0 Å². The summed E-state index contributed by atoms with van der Waals surface area (Å²) < 4.78 is 72.0. The summed E-state index contributed by atoms with van der Waals surface area (Å²) >= 11 is 0. The van der Waals surface area contributed by atoms with Crippen LogP contribution in [0.15, 0.2) is 0 Å². The highest BCUT2D eigenvalue weighted by Crippen LogP contribution is 2.48. The predicted molar refractivity (Wildman–Crippen MR) is 68.4 cm³/mol. The van der Waals surface area contributed by atoms with Crippen molar-refractivity contribution in [3.8, 4) is 0 Å². The number of alkyl halides is 6. The van der Waals surface area contributed by atoms with Crippen molar-refractivity contribution in [3.63, 3.8) is 0 Å². The molecule has 0 saturated carbocycles. The Hall–Kier alpha value is 0.147. The third kappa shape index (κ3) is 8.83. The van der Waals surface area contributed by atoms with Crippen LogP contribution in [-0.2, 0) is 0 Å². The summed E-state index contributed by atoms with van der Waals surface area (Å²) in [7, 11) is -2.87. The Kier molecular flexibility index (Phi) is 7.60. The number of nitrogens with one attached hydrogen (secondary N) is 1. The molecule has 0 aromatic carbocycles. The van der Waals surface area contributed by atoms with E-state index in [2.05, 4.69) is 0 Å². The summed E-state index contributed by atoms with van der Waals surface area (Å²) in [5, 5.41) is 15.7. The fraction of sp³-hybridized carbons (Fsp3) is 1.00. The Balaban J connectivity index is 0. The number of rotatable bonds is 2. The normalized spacial score (nSPS) is 14.2. The van der Waals surface area contributed by atoms with E-state index in [1.54, 1.807) is 0 Å². The molecule has 118 valence electrons. The van der Waals surface area contributed by atoms with E-state index in [1.807, 2.05) is 19.6 Å². The lowest BCUT2D eigenvalue weighted by Gasteiger charge is -2.33. The minimum Gasteiger partial charge on any atom is -0.680 e. The number of aliphatic hydroxyl groups is 1. The van der Waals surface area contributed by atoms with Gasteiger partial charge in [0.2, 0.25) is 0 Å². The lowest BCUT2D eigenvalue weighted by Crippen LogP contribution is -2.58. The van der Waals surface area contributed by atoms with Crippen LogP contribution < -0.4 is 0 Å². The van der Waals surface area contributed by atoms with Gasteiger partial charge >= 0.3 is 12.4 Å². The van der Waals surface area contributed by atoms with Gasteiger partial charge in [0.25, 0.3) is 5.60 Å². The number of hydrogen-bond acceptors (Lipinski definition) is 1. The standard InChI is InChI=1S/C6H9F6OP.C3H10NSi/c1-14(2)3-4(13,5(7,8)9)6(10,11)12;1-5(2,3)4/h13H,3H2,1-2H3;4H,1-3H3/q;-1. The van der Waals surface area contributed by atoms with Crippen LogP contribution in [0.5, 0.6) is 0 Å². The second kappa shape index (κ2) is 6.73. The Morgan fingerprint density at radius 2 is 1.16 bits per heavy atom. The van der Waals surface area contributed by atoms with E-state index in [-0.39, 0.29) is 0 Å². The summed E-state index contributed by atoms with van der Waals surface area (Å²) in [6.45, 7) is 8.45. The fourth-order valence-electron chi connectivity index (χ4n) is 0.798. The molecule has 0 heterocycles. The first-order valence-electron chi connectivity index (χ1n) is 5.17. The molecule has 0 bridgehead atoms. The molecule has 0 aliphatic carbocycles. The molecule has 0 unspecified atom stereocenters. The zero-order chi connectivity index (χ0) is 16.3. The van der Waals surface area contributed by atoms with Crippen LogP contribution in [0.4, 0.5) is 26.3 Å². The van der Waals surface area contributed by atoms with Crippen LogP contribution in [0.2, 0.25) is 19.6 Å². The van der Waals surface area contributed by atoms with Gasteiger partial charge in [-0.05, 0) is 13.3 Å². The van der Waals surface area contributed by atoms with Gasteiger partial charge in [-0.3, -0.25) is 0 Å². The molecule has 10 heteroatoms. The van der Waals surface area contributed by atoms with Crippen molar-refractivity contribution in [1.29, 1.82) is 0 Å². The second-order valence-electron chi connectivity index (χ2n) is 5.34. The highest BCUT2D eigenvalue weighted by atomic mass is 31.1. The van der Waals surface area contributed by atoms with E-state index in [1.165, 1.54) is 13.3 Å². The van der Waals surface area contributed by atoms with Crippen LogP contribution >= 0.6 is 7.92 Å². The quantitative estimate of drug-likeness (QED) is 0.453. The zero-order valence-electron chi connectivity index (χ0n) is 11.4. The van der Waals surface area contributed by atoms with Crippen molar-refractivity contribution in [2.75, 3.05) is 19.5 Å². The van der Waals surface area contributed by atoms with Crippen LogP contribution in [0.25, 0.3) is 5.40 Å². The molecule has 19 heavy (non-hydrogen) atoms. The number of halogens is 6. The molecule has 0 aromatic rings. The molecule has 2 nitrogen and oxygen atoms in total. The summed E-state index contributed by atoms with van der Waals surface area (Å²) in [5.74, 6) is 0. The SMILES string of the molecule is CP(C)CC(O)(C(F)(F)F)C(F)(F)F.C[Si](C)(C)[NH-]. The van der Waals surface area contributed by atoms with Crippen molar-refractivity contribution in [2.45, 2.75) is 37.6 Å². The molecule has 0 rings (SSSR count). The van der Waals surface area contributed by atoms with Gasteiger partial charge in [-0.15, -0.1) is 7.92 Å². The summed E-state index contributed by atoms with van der Waals surface area (Å²) in [5.41, 5.74) is -4.57.